The molecule has 0 radical (unpaired) electrons. The Morgan fingerprint density at radius 3 is 2.45 bits per heavy atom. The van der Waals surface area contributed by atoms with Crippen LogP contribution >= 0.6 is 10.7 Å². The van der Waals surface area contributed by atoms with Crippen LogP contribution in [-0.4, -0.2) is 31.8 Å². The summed E-state index contributed by atoms with van der Waals surface area (Å²) in [6, 6.07) is 4.37. The largest absolute Gasteiger partial charge is 0.333 e. The standard InChI is InChI=1S/C14H18ClNO3S/c1-5-6-16(10(2)3)14(17)12-7-11(4)8-13(9-12)20(15,18)19/h5,7-10H,1,6H2,2-4H3. The van der Waals surface area contributed by atoms with Crippen molar-refractivity contribution in [3.63, 3.8) is 0 Å². The van der Waals surface area contributed by atoms with Crippen LogP contribution in [0.1, 0.15) is 29.8 Å². The Morgan fingerprint density at radius 1 is 1.40 bits per heavy atom. The molecule has 0 aromatic heterocycles. The van der Waals surface area contributed by atoms with Gasteiger partial charge >= 0.3 is 0 Å². The molecule has 1 aromatic carbocycles. The summed E-state index contributed by atoms with van der Waals surface area (Å²) in [5.41, 5.74) is 0.970. The molecule has 0 spiro atoms. The van der Waals surface area contributed by atoms with Crippen LogP contribution in [0.15, 0.2) is 35.7 Å². The number of halogens is 1. The molecule has 0 aliphatic rings. The molecular formula is C14H18ClNO3S. The molecule has 0 bridgehead atoms. The van der Waals surface area contributed by atoms with Crippen LogP contribution in [0, 0.1) is 6.92 Å². The molecular weight excluding hydrogens is 298 g/mol. The van der Waals surface area contributed by atoms with Crippen molar-refractivity contribution in [2.45, 2.75) is 31.7 Å². The number of amides is 1. The summed E-state index contributed by atoms with van der Waals surface area (Å²) in [5.74, 6) is -0.245. The molecule has 0 atom stereocenters. The second kappa shape index (κ2) is 6.41. The summed E-state index contributed by atoms with van der Waals surface area (Å²) >= 11 is 0. The third-order valence-electron chi connectivity index (χ3n) is 2.79. The van der Waals surface area contributed by atoms with Crippen LogP contribution in [0.4, 0.5) is 0 Å². The maximum atomic E-state index is 12.4. The van der Waals surface area contributed by atoms with Gasteiger partial charge in [0.1, 0.15) is 0 Å². The third kappa shape index (κ3) is 4.08. The lowest BCUT2D eigenvalue weighted by atomic mass is 10.1. The summed E-state index contributed by atoms with van der Waals surface area (Å²) in [6.45, 7) is 9.51. The van der Waals surface area contributed by atoms with Gasteiger partial charge in [-0.15, -0.1) is 6.58 Å². The fraction of sp³-hybridized carbons (Fsp3) is 0.357. The quantitative estimate of drug-likeness (QED) is 0.620. The first kappa shape index (κ1) is 16.7. The first-order valence-corrected chi connectivity index (χ1v) is 8.46. The van der Waals surface area contributed by atoms with Crippen LogP contribution in [-0.2, 0) is 9.05 Å². The molecule has 4 nitrogen and oxygen atoms in total. The molecule has 0 aliphatic carbocycles. The van der Waals surface area contributed by atoms with E-state index in [-0.39, 0.29) is 16.8 Å². The van der Waals surface area contributed by atoms with E-state index in [1.807, 2.05) is 13.8 Å². The van der Waals surface area contributed by atoms with E-state index < -0.39 is 9.05 Å². The average Bonchev–Trinajstić information content (AvgIpc) is 2.33. The normalized spacial score (nSPS) is 11.4. The molecule has 1 amide bonds. The molecule has 0 fully saturated rings. The van der Waals surface area contributed by atoms with Gasteiger partial charge < -0.3 is 4.90 Å². The number of hydrogen-bond acceptors (Lipinski definition) is 3. The van der Waals surface area contributed by atoms with Crippen molar-refractivity contribution in [1.82, 2.24) is 4.90 Å². The number of nitrogens with zero attached hydrogens (tertiary/aromatic N) is 1. The Bertz CT molecular complexity index is 623. The van der Waals surface area contributed by atoms with Gasteiger partial charge in [0.25, 0.3) is 15.0 Å². The molecule has 1 aromatic rings. The van der Waals surface area contributed by atoms with Crippen LogP contribution < -0.4 is 0 Å². The van der Waals surface area contributed by atoms with Gasteiger partial charge in [-0.05, 0) is 44.5 Å². The number of rotatable bonds is 5. The van der Waals surface area contributed by atoms with Crippen molar-refractivity contribution in [2.75, 3.05) is 6.54 Å². The Labute approximate surface area is 124 Å². The molecule has 110 valence electrons. The van der Waals surface area contributed by atoms with Crippen LogP contribution in [0.5, 0.6) is 0 Å². The minimum Gasteiger partial charge on any atom is -0.333 e. The number of hydrogen-bond donors (Lipinski definition) is 0. The minimum atomic E-state index is -3.86. The van der Waals surface area contributed by atoms with Gasteiger partial charge in [-0.2, -0.15) is 0 Å². The summed E-state index contributed by atoms with van der Waals surface area (Å²) in [7, 11) is 1.48. The highest BCUT2D eigenvalue weighted by Crippen LogP contribution is 2.20. The van der Waals surface area contributed by atoms with E-state index in [1.165, 1.54) is 12.1 Å². The first-order chi connectivity index (χ1) is 9.16. The van der Waals surface area contributed by atoms with E-state index in [1.54, 1.807) is 24.0 Å². The van der Waals surface area contributed by atoms with Crippen LogP contribution in [0.25, 0.3) is 0 Å². The van der Waals surface area contributed by atoms with Crippen molar-refractivity contribution in [1.29, 1.82) is 0 Å². The molecule has 20 heavy (non-hydrogen) atoms. The lowest BCUT2D eigenvalue weighted by Gasteiger charge is -2.25. The zero-order chi connectivity index (χ0) is 15.5. The van der Waals surface area contributed by atoms with Crippen LogP contribution in [0.3, 0.4) is 0 Å². The number of carbonyl (C=O) groups excluding carboxylic acids is 1. The summed E-state index contributed by atoms with van der Waals surface area (Å²) in [4.78, 5) is 14.0. The molecule has 0 saturated heterocycles. The molecule has 0 N–H and O–H groups in total. The van der Waals surface area contributed by atoms with E-state index in [0.717, 1.165) is 0 Å². The summed E-state index contributed by atoms with van der Waals surface area (Å²) in [6.07, 6.45) is 1.63. The predicted octanol–water partition coefficient (Wildman–Crippen LogP) is 2.96. The zero-order valence-electron chi connectivity index (χ0n) is 11.8. The second-order valence-electron chi connectivity index (χ2n) is 4.81. The second-order valence-corrected chi connectivity index (χ2v) is 7.38. The number of carbonyl (C=O) groups is 1. The Balaban J connectivity index is 3.28. The van der Waals surface area contributed by atoms with Gasteiger partial charge in [-0.1, -0.05) is 6.08 Å². The fourth-order valence-electron chi connectivity index (χ4n) is 1.85. The highest BCUT2D eigenvalue weighted by atomic mass is 35.7. The van der Waals surface area contributed by atoms with Crippen molar-refractivity contribution in [3.8, 4) is 0 Å². The number of aryl methyl sites for hydroxylation is 1. The topological polar surface area (TPSA) is 54.5 Å². The lowest BCUT2D eigenvalue weighted by molar-refractivity contribution is 0.0728. The molecule has 0 heterocycles. The molecule has 1 rings (SSSR count). The van der Waals surface area contributed by atoms with E-state index in [4.69, 9.17) is 10.7 Å². The predicted molar refractivity (Wildman–Crippen MR) is 80.6 cm³/mol. The van der Waals surface area contributed by atoms with E-state index in [0.29, 0.717) is 17.7 Å². The molecule has 0 saturated carbocycles. The van der Waals surface area contributed by atoms with Gasteiger partial charge in [0.15, 0.2) is 0 Å². The third-order valence-corrected chi connectivity index (χ3v) is 4.12. The highest BCUT2D eigenvalue weighted by Gasteiger charge is 2.20. The fourth-order valence-corrected chi connectivity index (χ4v) is 2.71. The van der Waals surface area contributed by atoms with Crippen molar-refractivity contribution in [2.24, 2.45) is 0 Å². The first-order valence-electron chi connectivity index (χ1n) is 6.15. The molecule has 0 unspecified atom stereocenters. The Kier molecular flexibility index (Phi) is 5.36. The minimum absolute atomic E-state index is 0.0166. The molecule has 0 aliphatic heterocycles. The van der Waals surface area contributed by atoms with Gasteiger partial charge in [0, 0.05) is 28.8 Å². The van der Waals surface area contributed by atoms with E-state index >= 15 is 0 Å². The van der Waals surface area contributed by atoms with Gasteiger partial charge in [-0.3, -0.25) is 4.79 Å². The molecule has 6 heteroatoms. The van der Waals surface area contributed by atoms with Crippen molar-refractivity contribution >= 4 is 25.6 Å². The van der Waals surface area contributed by atoms with E-state index in [9.17, 15) is 13.2 Å². The van der Waals surface area contributed by atoms with Crippen molar-refractivity contribution < 1.29 is 13.2 Å². The maximum absolute atomic E-state index is 12.4. The van der Waals surface area contributed by atoms with Gasteiger partial charge in [0.05, 0.1) is 4.90 Å². The van der Waals surface area contributed by atoms with Gasteiger partial charge in [-0.25, -0.2) is 8.42 Å². The summed E-state index contributed by atoms with van der Waals surface area (Å²) < 4.78 is 22.8. The lowest BCUT2D eigenvalue weighted by Crippen LogP contribution is -2.37. The Morgan fingerprint density at radius 2 is 2.00 bits per heavy atom. The van der Waals surface area contributed by atoms with Crippen molar-refractivity contribution in [3.05, 3.63) is 42.0 Å². The monoisotopic (exact) mass is 315 g/mol. The number of benzene rings is 1. The maximum Gasteiger partial charge on any atom is 0.261 e. The SMILES string of the molecule is C=CCN(C(=O)c1cc(C)cc(S(=O)(=O)Cl)c1)C(C)C. The van der Waals surface area contributed by atoms with Gasteiger partial charge in [0.2, 0.25) is 0 Å². The Hall–Kier alpha value is -1.33. The average molecular weight is 316 g/mol. The van der Waals surface area contributed by atoms with Crippen LogP contribution in [0.2, 0.25) is 0 Å². The van der Waals surface area contributed by atoms with E-state index in [2.05, 4.69) is 6.58 Å². The smallest absolute Gasteiger partial charge is 0.261 e. The highest BCUT2D eigenvalue weighted by molar-refractivity contribution is 8.13. The summed E-state index contributed by atoms with van der Waals surface area (Å²) in [5, 5.41) is 0. The zero-order valence-corrected chi connectivity index (χ0v) is 13.3.